The number of carbonyl (C=O) groups excluding carboxylic acids is 2. The molecule has 29 heavy (non-hydrogen) atoms. The van der Waals surface area contributed by atoms with E-state index in [1.54, 1.807) is 43.5 Å². The summed E-state index contributed by atoms with van der Waals surface area (Å²) in [5.74, 6) is -0.0918. The SMILES string of the molecule is COc1ccc(NC(=O)CSc2ccc(NC(=O)c3cccc(F)c3)nn2)cc1. The number of halogens is 1. The summed E-state index contributed by atoms with van der Waals surface area (Å²) < 4.78 is 18.3. The van der Waals surface area contributed by atoms with Crippen molar-refractivity contribution in [1.29, 1.82) is 0 Å². The molecule has 0 saturated carbocycles. The highest BCUT2D eigenvalue weighted by Crippen LogP contribution is 2.18. The normalized spacial score (nSPS) is 10.3. The van der Waals surface area contributed by atoms with Crippen LogP contribution in [0.15, 0.2) is 65.7 Å². The molecule has 0 fully saturated rings. The molecule has 0 aliphatic heterocycles. The maximum Gasteiger partial charge on any atom is 0.256 e. The molecule has 7 nitrogen and oxygen atoms in total. The zero-order chi connectivity index (χ0) is 20.6. The van der Waals surface area contributed by atoms with E-state index in [1.807, 2.05) is 0 Å². The molecule has 2 N–H and O–H groups in total. The Balaban J connectivity index is 1.49. The third-order valence-electron chi connectivity index (χ3n) is 3.69. The number of carbonyl (C=O) groups is 2. The number of rotatable bonds is 7. The summed E-state index contributed by atoms with van der Waals surface area (Å²) in [7, 11) is 1.57. The first-order chi connectivity index (χ1) is 14.0. The minimum absolute atomic E-state index is 0.149. The molecule has 148 valence electrons. The summed E-state index contributed by atoms with van der Waals surface area (Å²) in [6.45, 7) is 0. The fourth-order valence-corrected chi connectivity index (χ4v) is 2.91. The van der Waals surface area contributed by atoms with Crippen molar-refractivity contribution >= 4 is 35.1 Å². The molecule has 0 atom stereocenters. The van der Waals surface area contributed by atoms with Crippen molar-refractivity contribution in [1.82, 2.24) is 10.2 Å². The number of methoxy groups -OCH3 is 1. The lowest BCUT2D eigenvalue weighted by Crippen LogP contribution is -2.14. The molecule has 0 saturated heterocycles. The zero-order valence-corrected chi connectivity index (χ0v) is 16.2. The number of thioether (sulfide) groups is 1. The topological polar surface area (TPSA) is 93.2 Å². The van der Waals surface area contributed by atoms with Gasteiger partial charge in [0.1, 0.15) is 16.6 Å². The van der Waals surface area contributed by atoms with Gasteiger partial charge in [-0.3, -0.25) is 9.59 Å². The van der Waals surface area contributed by atoms with Crippen LogP contribution in [0.4, 0.5) is 15.9 Å². The minimum Gasteiger partial charge on any atom is -0.497 e. The summed E-state index contributed by atoms with van der Waals surface area (Å²) in [5.41, 5.74) is 0.846. The van der Waals surface area contributed by atoms with Crippen LogP contribution in [0.2, 0.25) is 0 Å². The molecule has 3 aromatic rings. The lowest BCUT2D eigenvalue weighted by Gasteiger charge is -2.07. The van der Waals surface area contributed by atoms with E-state index < -0.39 is 11.7 Å². The van der Waals surface area contributed by atoms with Gasteiger partial charge in [-0.15, -0.1) is 10.2 Å². The molecule has 0 unspecified atom stereocenters. The average Bonchev–Trinajstić information content (AvgIpc) is 2.74. The van der Waals surface area contributed by atoms with Crippen molar-refractivity contribution in [3.8, 4) is 5.75 Å². The second-order valence-corrected chi connectivity index (χ2v) is 6.78. The quantitative estimate of drug-likeness (QED) is 0.576. The molecular weight excluding hydrogens is 395 g/mol. The summed E-state index contributed by atoms with van der Waals surface area (Å²) in [4.78, 5) is 24.1. The third-order valence-corrected chi connectivity index (χ3v) is 4.61. The van der Waals surface area contributed by atoms with Crippen LogP contribution in [0.1, 0.15) is 10.4 Å². The zero-order valence-electron chi connectivity index (χ0n) is 15.4. The molecule has 2 amide bonds. The van der Waals surface area contributed by atoms with Crippen molar-refractivity contribution in [3.63, 3.8) is 0 Å². The number of benzene rings is 2. The molecule has 3 rings (SSSR count). The van der Waals surface area contributed by atoms with E-state index in [9.17, 15) is 14.0 Å². The highest BCUT2D eigenvalue weighted by atomic mass is 32.2. The highest BCUT2D eigenvalue weighted by Gasteiger charge is 2.09. The van der Waals surface area contributed by atoms with Crippen LogP contribution in [-0.2, 0) is 4.79 Å². The van der Waals surface area contributed by atoms with Gasteiger partial charge in [0.05, 0.1) is 12.9 Å². The van der Waals surface area contributed by atoms with Crippen LogP contribution in [0.25, 0.3) is 0 Å². The second-order valence-electron chi connectivity index (χ2n) is 5.79. The standard InChI is InChI=1S/C20H17FN4O3S/c1-28-16-7-5-15(6-8-16)22-18(26)12-29-19-10-9-17(24-25-19)23-20(27)13-3-2-4-14(21)11-13/h2-11H,12H2,1H3,(H,22,26)(H,23,24,27). The third kappa shape index (κ3) is 6.01. The predicted octanol–water partition coefficient (Wildman–Crippen LogP) is 3.61. The van der Waals surface area contributed by atoms with Gasteiger partial charge in [0, 0.05) is 11.3 Å². The first kappa shape index (κ1) is 20.3. The predicted molar refractivity (Wildman–Crippen MR) is 109 cm³/mol. The maximum atomic E-state index is 13.2. The lowest BCUT2D eigenvalue weighted by molar-refractivity contribution is -0.113. The monoisotopic (exact) mass is 412 g/mol. The van der Waals surface area contributed by atoms with E-state index in [1.165, 1.54) is 30.0 Å². The Morgan fingerprint density at radius 1 is 1.03 bits per heavy atom. The maximum absolute atomic E-state index is 13.2. The van der Waals surface area contributed by atoms with E-state index >= 15 is 0 Å². The van der Waals surface area contributed by atoms with Gasteiger partial charge in [0.2, 0.25) is 5.91 Å². The summed E-state index contributed by atoms with van der Waals surface area (Å²) in [6, 6.07) is 15.5. The van der Waals surface area contributed by atoms with Crippen LogP contribution < -0.4 is 15.4 Å². The van der Waals surface area contributed by atoms with Crippen molar-refractivity contribution in [3.05, 3.63) is 72.0 Å². The molecule has 9 heteroatoms. The van der Waals surface area contributed by atoms with E-state index in [4.69, 9.17) is 4.74 Å². The van der Waals surface area contributed by atoms with Crippen molar-refractivity contribution < 1.29 is 18.7 Å². The van der Waals surface area contributed by atoms with Gasteiger partial charge >= 0.3 is 0 Å². The Morgan fingerprint density at radius 3 is 2.48 bits per heavy atom. The lowest BCUT2D eigenvalue weighted by atomic mass is 10.2. The number of hydrogen-bond acceptors (Lipinski definition) is 6. The summed E-state index contributed by atoms with van der Waals surface area (Å²) in [5, 5.41) is 13.7. The Kier molecular flexibility index (Phi) is 6.75. The highest BCUT2D eigenvalue weighted by molar-refractivity contribution is 7.99. The number of aromatic nitrogens is 2. The summed E-state index contributed by atoms with van der Waals surface area (Å²) >= 11 is 1.21. The smallest absolute Gasteiger partial charge is 0.256 e. The van der Waals surface area contributed by atoms with Gasteiger partial charge in [-0.2, -0.15) is 0 Å². The Hall–Kier alpha value is -3.46. The Bertz CT molecular complexity index is 997. The summed E-state index contributed by atoms with van der Waals surface area (Å²) in [6.07, 6.45) is 0. The van der Waals surface area contributed by atoms with E-state index in [0.717, 1.165) is 6.07 Å². The Morgan fingerprint density at radius 2 is 1.83 bits per heavy atom. The molecule has 1 aromatic heterocycles. The van der Waals surface area contributed by atoms with Gasteiger partial charge < -0.3 is 15.4 Å². The van der Waals surface area contributed by atoms with Crippen LogP contribution >= 0.6 is 11.8 Å². The number of nitrogens with zero attached hydrogens (tertiary/aromatic N) is 2. The molecule has 0 radical (unpaired) electrons. The molecule has 0 aliphatic carbocycles. The molecular formula is C20H17FN4O3S. The fraction of sp³-hybridized carbons (Fsp3) is 0.100. The van der Waals surface area contributed by atoms with Crippen LogP contribution in [0.3, 0.4) is 0 Å². The van der Waals surface area contributed by atoms with Crippen LogP contribution in [-0.4, -0.2) is 34.9 Å². The second kappa shape index (κ2) is 9.65. The van der Waals surface area contributed by atoms with Gasteiger partial charge in [-0.1, -0.05) is 17.8 Å². The molecule has 2 aromatic carbocycles. The number of anilines is 2. The first-order valence-electron chi connectivity index (χ1n) is 8.51. The van der Waals surface area contributed by atoms with Crippen molar-refractivity contribution in [2.75, 3.05) is 23.5 Å². The van der Waals surface area contributed by atoms with Crippen molar-refractivity contribution in [2.24, 2.45) is 0 Å². The van der Waals surface area contributed by atoms with Gasteiger partial charge in [-0.05, 0) is 54.6 Å². The Labute approximate surface area is 170 Å². The number of amides is 2. The van der Waals surface area contributed by atoms with Gasteiger partial charge in [0.15, 0.2) is 5.82 Å². The first-order valence-corrected chi connectivity index (χ1v) is 9.49. The molecule has 1 heterocycles. The van der Waals surface area contributed by atoms with Crippen molar-refractivity contribution in [2.45, 2.75) is 5.03 Å². The van der Waals surface area contributed by atoms with Gasteiger partial charge in [-0.25, -0.2) is 4.39 Å². The molecule has 0 aliphatic rings. The average molecular weight is 412 g/mol. The number of nitrogens with one attached hydrogen (secondary N) is 2. The molecule has 0 spiro atoms. The van der Waals surface area contributed by atoms with Gasteiger partial charge in [0.25, 0.3) is 5.91 Å². The fourth-order valence-electron chi connectivity index (χ4n) is 2.29. The minimum atomic E-state index is -0.497. The molecule has 0 bridgehead atoms. The van der Waals surface area contributed by atoms with Crippen LogP contribution in [0, 0.1) is 5.82 Å². The largest absolute Gasteiger partial charge is 0.497 e. The van der Waals surface area contributed by atoms with E-state index in [0.29, 0.717) is 16.5 Å². The number of hydrogen-bond donors (Lipinski definition) is 2. The van der Waals surface area contributed by atoms with Crippen LogP contribution in [0.5, 0.6) is 5.75 Å². The van der Waals surface area contributed by atoms with E-state index in [-0.39, 0.29) is 23.0 Å². The number of ether oxygens (including phenoxy) is 1. The van der Waals surface area contributed by atoms with E-state index in [2.05, 4.69) is 20.8 Å².